The lowest BCUT2D eigenvalue weighted by Gasteiger charge is -2.43. The van der Waals surface area contributed by atoms with Gasteiger partial charge in [0.25, 0.3) is 0 Å². The maximum absolute atomic E-state index is 9.76. The summed E-state index contributed by atoms with van der Waals surface area (Å²) in [5, 5.41) is 17.6. The fourth-order valence-electron chi connectivity index (χ4n) is 5.28. The third-order valence-electron chi connectivity index (χ3n) is 7.63. The Morgan fingerprint density at radius 2 is 1.83 bits per heavy atom. The highest BCUT2D eigenvalue weighted by Gasteiger charge is 2.28. The van der Waals surface area contributed by atoms with Crippen LogP contribution in [0.5, 0.6) is 5.75 Å². The minimum absolute atomic E-state index is 0.413. The molecule has 0 aliphatic carbocycles. The topological polar surface area (TPSA) is 104 Å². The molecule has 2 aliphatic rings. The van der Waals surface area contributed by atoms with Gasteiger partial charge >= 0.3 is 0 Å². The van der Waals surface area contributed by atoms with Crippen molar-refractivity contribution in [3.05, 3.63) is 77.7 Å². The molecular formula is C31H34N8O2. The first-order valence-corrected chi connectivity index (χ1v) is 14.0. The number of ether oxygens (including phenoxy) is 2. The van der Waals surface area contributed by atoms with E-state index in [1.54, 1.807) is 18.3 Å². The number of piperazine rings is 1. The van der Waals surface area contributed by atoms with Crippen LogP contribution >= 0.6 is 0 Å². The molecule has 2 saturated heterocycles. The van der Waals surface area contributed by atoms with E-state index in [0.717, 1.165) is 62.0 Å². The second-order valence-corrected chi connectivity index (χ2v) is 10.5. The third-order valence-corrected chi connectivity index (χ3v) is 7.63. The van der Waals surface area contributed by atoms with Gasteiger partial charge in [-0.25, -0.2) is 9.97 Å². The maximum atomic E-state index is 9.76. The van der Waals surface area contributed by atoms with Crippen LogP contribution in [0.1, 0.15) is 17.0 Å². The minimum atomic E-state index is 0.413. The Hall–Kier alpha value is -4.46. The molecule has 41 heavy (non-hydrogen) atoms. The van der Waals surface area contributed by atoms with Crippen LogP contribution in [0, 0.1) is 25.2 Å². The van der Waals surface area contributed by atoms with Crippen LogP contribution in [0.2, 0.25) is 0 Å². The summed E-state index contributed by atoms with van der Waals surface area (Å²) in [6, 6.07) is 20.6. The number of hydrogen-bond acceptors (Lipinski definition) is 9. The molecule has 1 N–H and O–H groups in total. The van der Waals surface area contributed by atoms with Crippen LogP contribution in [0.3, 0.4) is 0 Å². The van der Waals surface area contributed by atoms with E-state index in [4.69, 9.17) is 14.5 Å². The summed E-state index contributed by atoms with van der Waals surface area (Å²) in [6.07, 6.45) is 1.72. The Balaban J connectivity index is 1.07. The Morgan fingerprint density at radius 1 is 1.02 bits per heavy atom. The predicted molar refractivity (Wildman–Crippen MR) is 157 cm³/mol. The predicted octanol–water partition coefficient (Wildman–Crippen LogP) is 4.17. The van der Waals surface area contributed by atoms with Crippen molar-refractivity contribution >= 4 is 17.2 Å². The highest BCUT2D eigenvalue weighted by atomic mass is 16.5. The number of aryl methyl sites for hydroxylation is 2. The van der Waals surface area contributed by atoms with Crippen LogP contribution in [-0.2, 0) is 11.3 Å². The van der Waals surface area contributed by atoms with Crippen LogP contribution in [0.25, 0.3) is 11.4 Å². The molecule has 4 aromatic rings. The summed E-state index contributed by atoms with van der Waals surface area (Å²) < 4.78 is 13.2. The van der Waals surface area contributed by atoms with Gasteiger partial charge in [-0.05, 0) is 68.4 Å². The van der Waals surface area contributed by atoms with Crippen LogP contribution in [-0.4, -0.2) is 76.7 Å². The summed E-state index contributed by atoms with van der Waals surface area (Å²) in [5.41, 5.74) is 5.42. The molecule has 2 fully saturated rings. The maximum Gasteiger partial charge on any atom is 0.161 e. The highest BCUT2D eigenvalue weighted by molar-refractivity contribution is 5.65. The Kier molecular flexibility index (Phi) is 7.80. The first kappa shape index (κ1) is 26.7. The van der Waals surface area contributed by atoms with E-state index in [9.17, 15) is 5.26 Å². The highest BCUT2D eigenvalue weighted by Crippen LogP contribution is 2.27. The molecule has 0 bridgehead atoms. The molecule has 0 spiro atoms. The quantitative estimate of drug-likeness (QED) is 0.329. The van der Waals surface area contributed by atoms with Crippen molar-refractivity contribution in [2.24, 2.45) is 0 Å². The standard InChI is InChI=1S/C31H34N8O2/c1-22-17-23(2)39(36-22)15-16-41-29-8-3-24(18-25(29)19-32)31-33-10-9-30(35-31)34-26-4-6-27(7-5-26)37-11-13-38(14-12-37)28-20-40-21-28/h3-10,17-18,28H,11-16,20-21H2,1-2H3,(H,33,34,35). The molecule has 2 aromatic heterocycles. The van der Waals surface area contributed by atoms with Gasteiger partial charge in [-0.1, -0.05) is 0 Å². The van der Waals surface area contributed by atoms with Crippen LogP contribution in [0.15, 0.2) is 60.8 Å². The number of hydrogen-bond donors (Lipinski definition) is 1. The molecule has 0 saturated carbocycles. The largest absolute Gasteiger partial charge is 0.490 e. The molecule has 0 radical (unpaired) electrons. The second-order valence-electron chi connectivity index (χ2n) is 10.5. The van der Waals surface area contributed by atoms with Crippen LogP contribution < -0.4 is 15.0 Å². The molecular weight excluding hydrogens is 516 g/mol. The average Bonchev–Trinajstić information content (AvgIpc) is 3.29. The number of rotatable bonds is 9. The summed E-state index contributed by atoms with van der Waals surface area (Å²) in [6.45, 7) is 10.9. The lowest BCUT2D eigenvalue weighted by atomic mass is 10.1. The molecule has 2 aromatic carbocycles. The number of nitrogens with one attached hydrogen (secondary N) is 1. The van der Waals surface area contributed by atoms with Gasteiger partial charge in [-0.2, -0.15) is 10.4 Å². The van der Waals surface area contributed by atoms with Crippen molar-refractivity contribution in [3.63, 3.8) is 0 Å². The molecule has 0 amide bonds. The van der Waals surface area contributed by atoms with Gasteiger partial charge in [-0.15, -0.1) is 0 Å². The smallest absolute Gasteiger partial charge is 0.161 e. The molecule has 2 aliphatic heterocycles. The lowest BCUT2D eigenvalue weighted by molar-refractivity contribution is -0.0660. The fourth-order valence-corrected chi connectivity index (χ4v) is 5.28. The summed E-state index contributed by atoms with van der Waals surface area (Å²) in [7, 11) is 0. The monoisotopic (exact) mass is 550 g/mol. The van der Waals surface area contributed by atoms with E-state index in [2.05, 4.69) is 55.5 Å². The summed E-state index contributed by atoms with van der Waals surface area (Å²) in [4.78, 5) is 14.1. The minimum Gasteiger partial charge on any atom is -0.490 e. The molecule has 0 unspecified atom stereocenters. The fraction of sp³-hybridized carbons (Fsp3) is 0.355. The van der Waals surface area contributed by atoms with Gasteiger partial charge in [0.15, 0.2) is 5.82 Å². The normalized spacial score (nSPS) is 15.8. The number of aromatic nitrogens is 4. The zero-order chi connectivity index (χ0) is 28.2. The zero-order valence-electron chi connectivity index (χ0n) is 23.5. The number of nitriles is 1. The van der Waals surface area contributed by atoms with Gasteiger partial charge in [-0.3, -0.25) is 9.58 Å². The Morgan fingerprint density at radius 3 is 2.51 bits per heavy atom. The lowest BCUT2D eigenvalue weighted by Crippen LogP contribution is -2.56. The molecule has 6 rings (SSSR count). The number of anilines is 3. The van der Waals surface area contributed by atoms with E-state index in [0.29, 0.717) is 42.1 Å². The molecule has 10 nitrogen and oxygen atoms in total. The van der Waals surface area contributed by atoms with Gasteiger partial charge < -0.3 is 19.7 Å². The van der Waals surface area contributed by atoms with E-state index in [-0.39, 0.29) is 0 Å². The van der Waals surface area contributed by atoms with Crippen molar-refractivity contribution in [2.45, 2.75) is 26.4 Å². The van der Waals surface area contributed by atoms with Crippen molar-refractivity contribution in [1.82, 2.24) is 24.6 Å². The summed E-state index contributed by atoms with van der Waals surface area (Å²) >= 11 is 0. The van der Waals surface area contributed by atoms with E-state index < -0.39 is 0 Å². The van der Waals surface area contributed by atoms with E-state index >= 15 is 0 Å². The zero-order valence-corrected chi connectivity index (χ0v) is 23.5. The second kappa shape index (κ2) is 12.0. The third kappa shape index (κ3) is 6.16. The first-order chi connectivity index (χ1) is 20.1. The van der Waals surface area contributed by atoms with E-state index in [1.165, 1.54) is 5.69 Å². The van der Waals surface area contributed by atoms with Gasteiger partial charge in [0, 0.05) is 55.0 Å². The van der Waals surface area contributed by atoms with Crippen molar-refractivity contribution in [2.75, 3.05) is 56.2 Å². The average molecular weight is 551 g/mol. The number of nitrogens with zero attached hydrogens (tertiary/aromatic N) is 7. The van der Waals surface area contributed by atoms with Crippen LogP contribution in [0.4, 0.5) is 17.2 Å². The van der Waals surface area contributed by atoms with Crippen molar-refractivity contribution in [1.29, 1.82) is 5.26 Å². The van der Waals surface area contributed by atoms with Gasteiger partial charge in [0.2, 0.25) is 0 Å². The molecule has 0 atom stereocenters. The summed E-state index contributed by atoms with van der Waals surface area (Å²) in [5.74, 6) is 1.75. The Labute approximate surface area is 240 Å². The van der Waals surface area contributed by atoms with Gasteiger partial charge in [0.05, 0.1) is 37.1 Å². The van der Waals surface area contributed by atoms with Crippen molar-refractivity contribution in [3.8, 4) is 23.2 Å². The molecule has 4 heterocycles. The SMILES string of the molecule is Cc1cc(C)n(CCOc2ccc(-c3nccc(Nc4ccc(N5CCN(C6COC6)CC5)cc4)n3)cc2C#N)n1. The van der Waals surface area contributed by atoms with E-state index in [1.807, 2.05) is 36.7 Å². The molecule has 210 valence electrons. The van der Waals surface area contributed by atoms with Gasteiger partial charge in [0.1, 0.15) is 24.2 Å². The first-order valence-electron chi connectivity index (χ1n) is 14.0. The van der Waals surface area contributed by atoms with Crippen molar-refractivity contribution < 1.29 is 9.47 Å². The molecule has 10 heteroatoms. The number of benzene rings is 2. The Bertz CT molecular complexity index is 1530.